The lowest BCUT2D eigenvalue weighted by Gasteiger charge is -2.26. The number of amides is 3. The van der Waals surface area contributed by atoms with Crippen LogP contribution in [0.5, 0.6) is 11.5 Å². The Morgan fingerprint density at radius 3 is 2.34 bits per heavy atom. The predicted molar refractivity (Wildman–Crippen MR) is 104 cm³/mol. The topological polar surface area (TPSA) is 84.9 Å². The Balaban J connectivity index is 1.32. The Hall–Kier alpha value is -3.87. The van der Waals surface area contributed by atoms with E-state index in [-0.39, 0.29) is 19.9 Å². The maximum atomic E-state index is 12.8. The van der Waals surface area contributed by atoms with E-state index in [2.05, 4.69) is 5.32 Å². The summed E-state index contributed by atoms with van der Waals surface area (Å²) in [5, 5.41) is 4.21. The van der Waals surface area contributed by atoms with Crippen LogP contribution in [0.15, 0.2) is 54.6 Å². The molecule has 0 aliphatic carbocycles. The van der Waals surface area contributed by atoms with E-state index >= 15 is 0 Å². The Morgan fingerprint density at radius 1 is 0.931 bits per heavy atom. The molecule has 2 heterocycles. The number of carbonyl (C=O) groups is 3. The zero-order chi connectivity index (χ0) is 20.0. The molecule has 1 N–H and O–H groups in total. The quantitative estimate of drug-likeness (QED) is 0.694. The Morgan fingerprint density at radius 2 is 1.62 bits per heavy atom. The van der Waals surface area contributed by atoms with Crippen molar-refractivity contribution >= 4 is 28.5 Å². The number of imide groups is 1. The zero-order valence-corrected chi connectivity index (χ0v) is 15.3. The van der Waals surface area contributed by atoms with Crippen LogP contribution in [-0.2, 0) is 11.3 Å². The van der Waals surface area contributed by atoms with Gasteiger partial charge in [0.05, 0.1) is 0 Å². The molecule has 0 unspecified atom stereocenters. The fraction of sp³-hybridized carbons (Fsp3) is 0.136. The first-order chi connectivity index (χ1) is 14.1. The van der Waals surface area contributed by atoms with Gasteiger partial charge in [0.25, 0.3) is 11.8 Å². The van der Waals surface area contributed by atoms with Crippen LogP contribution in [0.3, 0.4) is 0 Å². The van der Waals surface area contributed by atoms with Crippen molar-refractivity contribution in [1.82, 2.24) is 10.2 Å². The maximum absolute atomic E-state index is 12.8. The van der Waals surface area contributed by atoms with E-state index in [1.165, 1.54) is 0 Å². The van der Waals surface area contributed by atoms with Crippen molar-refractivity contribution in [3.05, 3.63) is 71.3 Å². The summed E-state index contributed by atoms with van der Waals surface area (Å²) in [6, 6.07) is 16.0. The van der Waals surface area contributed by atoms with Crippen LogP contribution >= 0.6 is 0 Å². The van der Waals surface area contributed by atoms with Gasteiger partial charge in [-0.05, 0) is 35.2 Å². The number of ether oxygens (including phenoxy) is 2. The molecule has 2 aliphatic heterocycles. The maximum Gasteiger partial charge on any atom is 0.261 e. The van der Waals surface area contributed by atoms with Crippen molar-refractivity contribution in [2.24, 2.45) is 0 Å². The zero-order valence-electron chi connectivity index (χ0n) is 15.3. The predicted octanol–water partition coefficient (Wildman–Crippen LogP) is 2.48. The van der Waals surface area contributed by atoms with E-state index in [1.54, 1.807) is 36.4 Å². The second kappa shape index (κ2) is 6.63. The van der Waals surface area contributed by atoms with Gasteiger partial charge < -0.3 is 14.8 Å². The van der Waals surface area contributed by atoms with Gasteiger partial charge in [0, 0.05) is 23.1 Å². The molecular formula is C22H16N2O5. The molecule has 3 aromatic carbocycles. The number of nitrogens with one attached hydrogen (secondary N) is 1. The van der Waals surface area contributed by atoms with E-state index in [4.69, 9.17) is 9.47 Å². The molecule has 0 fully saturated rings. The monoisotopic (exact) mass is 388 g/mol. The normalized spacial score (nSPS) is 14.4. The highest BCUT2D eigenvalue weighted by Gasteiger charge is 2.33. The number of fused-ring (bicyclic) bond motifs is 1. The van der Waals surface area contributed by atoms with Gasteiger partial charge in [0.1, 0.15) is 6.54 Å². The largest absolute Gasteiger partial charge is 0.454 e. The first-order valence-corrected chi connectivity index (χ1v) is 9.15. The third-order valence-corrected chi connectivity index (χ3v) is 5.08. The summed E-state index contributed by atoms with van der Waals surface area (Å²) in [6.45, 7) is 0.0867. The molecule has 0 atom stereocenters. The summed E-state index contributed by atoms with van der Waals surface area (Å²) in [5.41, 5.74) is 1.69. The van der Waals surface area contributed by atoms with Crippen LogP contribution in [0.4, 0.5) is 0 Å². The van der Waals surface area contributed by atoms with Crippen molar-refractivity contribution in [2.75, 3.05) is 13.3 Å². The van der Waals surface area contributed by atoms with Crippen LogP contribution in [-0.4, -0.2) is 36.0 Å². The number of hydrogen-bond acceptors (Lipinski definition) is 5. The number of hydrogen-bond donors (Lipinski definition) is 1. The molecule has 3 amide bonds. The second-order valence-electron chi connectivity index (χ2n) is 6.87. The first kappa shape index (κ1) is 17.2. The van der Waals surface area contributed by atoms with Gasteiger partial charge in [-0.2, -0.15) is 0 Å². The Kier molecular flexibility index (Phi) is 3.94. The van der Waals surface area contributed by atoms with Gasteiger partial charge in [0.15, 0.2) is 11.5 Å². The highest BCUT2D eigenvalue weighted by atomic mass is 16.7. The van der Waals surface area contributed by atoms with Crippen molar-refractivity contribution in [2.45, 2.75) is 6.54 Å². The van der Waals surface area contributed by atoms with E-state index < -0.39 is 17.7 Å². The molecule has 7 heteroatoms. The molecule has 144 valence electrons. The molecular weight excluding hydrogens is 372 g/mol. The lowest BCUT2D eigenvalue weighted by Crippen LogP contribution is -2.46. The molecule has 29 heavy (non-hydrogen) atoms. The van der Waals surface area contributed by atoms with E-state index in [1.807, 2.05) is 18.2 Å². The number of benzene rings is 3. The van der Waals surface area contributed by atoms with Crippen LogP contribution < -0.4 is 14.8 Å². The molecule has 0 spiro atoms. The number of nitrogens with zero attached hydrogens (tertiary/aromatic N) is 1. The summed E-state index contributed by atoms with van der Waals surface area (Å²) >= 11 is 0. The smallest absolute Gasteiger partial charge is 0.261 e. The minimum atomic E-state index is -0.461. The fourth-order valence-corrected chi connectivity index (χ4v) is 3.68. The second-order valence-corrected chi connectivity index (χ2v) is 6.87. The third kappa shape index (κ3) is 2.87. The molecule has 0 saturated heterocycles. The molecule has 0 radical (unpaired) electrons. The van der Waals surface area contributed by atoms with Crippen LogP contribution in [0.1, 0.15) is 26.3 Å². The summed E-state index contributed by atoms with van der Waals surface area (Å²) in [6.07, 6.45) is 0. The first-order valence-electron chi connectivity index (χ1n) is 9.15. The number of rotatable bonds is 4. The van der Waals surface area contributed by atoms with E-state index in [0.717, 1.165) is 15.8 Å². The molecule has 3 aromatic rings. The molecule has 0 bridgehead atoms. The van der Waals surface area contributed by atoms with Gasteiger partial charge in [0.2, 0.25) is 12.7 Å². The van der Waals surface area contributed by atoms with Gasteiger partial charge in [-0.3, -0.25) is 19.3 Å². The molecule has 0 saturated carbocycles. The highest BCUT2D eigenvalue weighted by molar-refractivity contribution is 6.26. The highest BCUT2D eigenvalue weighted by Crippen LogP contribution is 2.32. The van der Waals surface area contributed by atoms with Crippen LogP contribution in [0.2, 0.25) is 0 Å². The SMILES string of the molecule is O=C(CN1C(=O)c2cccc3cccc(c23)C1=O)NCc1ccc2c(c1)OCO2. The fourth-order valence-electron chi connectivity index (χ4n) is 3.68. The van der Waals surface area contributed by atoms with Gasteiger partial charge in [-0.15, -0.1) is 0 Å². The average molecular weight is 388 g/mol. The Labute approximate surface area is 165 Å². The standard InChI is InChI=1S/C22H16N2O5/c25-19(23-10-13-7-8-17-18(9-13)29-12-28-17)11-24-21(26)15-5-1-3-14-4-2-6-16(20(14)15)22(24)27/h1-9H,10-12H2,(H,23,25). The summed E-state index contributed by atoms with van der Waals surface area (Å²) in [4.78, 5) is 39.1. The average Bonchev–Trinajstić information content (AvgIpc) is 3.21. The van der Waals surface area contributed by atoms with E-state index in [0.29, 0.717) is 28.0 Å². The molecule has 2 aliphatic rings. The molecule has 5 rings (SSSR count). The Bertz CT molecular complexity index is 1140. The van der Waals surface area contributed by atoms with E-state index in [9.17, 15) is 14.4 Å². The van der Waals surface area contributed by atoms with Crippen molar-refractivity contribution < 1.29 is 23.9 Å². The lowest BCUT2D eigenvalue weighted by molar-refractivity contribution is -0.121. The van der Waals surface area contributed by atoms with Crippen LogP contribution in [0.25, 0.3) is 10.8 Å². The minimum absolute atomic E-state index is 0.179. The summed E-state index contributed by atoms with van der Waals surface area (Å²) < 4.78 is 10.6. The van der Waals surface area contributed by atoms with Crippen molar-refractivity contribution in [3.8, 4) is 11.5 Å². The molecule has 7 nitrogen and oxygen atoms in total. The van der Waals surface area contributed by atoms with Gasteiger partial charge in [-0.25, -0.2) is 0 Å². The molecule has 0 aromatic heterocycles. The van der Waals surface area contributed by atoms with Crippen LogP contribution in [0, 0.1) is 0 Å². The summed E-state index contributed by atoms with van der Waals surface area (Å²) in [7, 11) is 0. The van der Waals surface area contributed by atoms with Gasteiger partial charge >= 0.3 is 0 Å². The number of carbonyl (C=O) groups excluding carboxylic acids is 3. The third-order valence-electron chi connectivity index (χ3n) is 5.08. The lowest BCUT2D eigenvalue weighted by atomic mass is 9.94. The van der Waals surface area contributed by atoms with Crippen molar-refractivity contribution in [3.63, 3.8) is 0 Å². The van der Waals surface area contributed by atoms with Crippen molar-refractivity contribution in [1.29, 1.82) is 0 Å². The van der Waals surface area contributed by atoms with Gasteiger partial charge in [-0.1, -0.05) is 30.3 Å². The minimum Gasteiger partial charge on any atom is -0.454 e. The summed E-state index contributed by atoms with van der Waals surface area (Å²) in [5.74, 6) is -0.0498.